The van der Waals surface area contributed by atoms with E-state index in [-0.39, 0.29) is 6.10 Å². The zero-order chi connectivity index (χ0) is 9.80. The van der Waals surface area contributed by atoms with Gasteiger partial charge in [0.15, 0.2) is 11.5 Å². The normalized spacial score (nSPS) is 20.8. The molecule has 14 heavy (non-hydrogen) atoms. The number of hydrogen-bond acceptors (Lipinski definition) is 3. The maximum Gasteiger partial charge on any atom is 0.161 e. The van der Waals surface area contributed by atoms with Gasteiger partial charge in [-0.2, -0.15) is 0 Å². The molecule has 3 nitrogen and oxygen atoms in total. The number of methoxy groups -OCH3 is 1. The lowest BCUT2D eigenvalue weighted by molar-refractivity contribution is 0.138. The number of hydrogen-bond donors (Lipinski definition) is 0. The van der Waals surface area contributed by atoms with E-state index in [9.17, 15) is 0 Å². The lowest BCUT2D eigenvalue weighted by Gasteiger charge is -2.14. The van der Waals surface area contributed by atoms with Crippen LogP contribution >= 0.6 is 0 Å². The van der Waals surface area contributed by atoms with Gasteiger partial charge in [0, 0.05) is 6.42 Å². The molecule has 0 amide bonds. The Labute approximate surface area is 83.6 Å². The summed E-state index contributed by atoms with van der Waals surface area (Å²) in [6, 6.07) is 7.67. The molecule has 0 spiro atoms. The van der Waals surface area contributed by atoms with Gasteiger partial charge in [0.25, 0.3) is 0 Å². The van der Waals surface area contributed by atoms with E-state index >= 15 is 0 Å². The summed E-state index contributed by atoms with van der Waals surface area (Å²) < 4.78 is 16.2. The summed E-state index contributed by atoms with van der Waals surface area (Å²) in [7, 11) is 1.65. The van der Waals surface area contributed by atoms with Crippen molar-refractivity contribution in [2.45, 2.75) is 12.5 Å². The van der Waals surface area contributed by atoms with Crippen LogP contribution in [0.3, 0.4) is 0 Å². The first kappa shape index (κ1) is 9.34. The lowest BCUT2D eigenvalue weighted by Crippen LogP contribution is -2.16. The van der Waals surface area contributed by atoms with E-state index in [0.29, 0.717) is 6.61 Å². The Morgan fingerprint density at radius 1 is 1.29 bits per heavy atom. The predicted molar refractivity (Wildman–Crippen MR) is 52.8 cm³/mol. The molecule has 3 heteroatoms. The van der Waals surface area contributed by atoms with E-state index in [1.165, 1.54) is 0 Å². The molecule has 0 aromatic heterocycles. The first-order chi connectivity index (χ1) is 6.90. The Morgan fingerprint density at radius 3 is 2.71 bits per heavy atom. The Bertz CT molecular complexity index is 292. The molecule has 1 aliphatic heterocycles. The van der Waals surface area contributed by atoms with E-state index in [1.54, 1.807) is 7.11 Å². The number of para-hydroxylation sites is 2. The van der Waals surface area contributed by atoms with Crippen LogP contribution in [0.5, 0.6) is 11.5 Å². The van der Waals surface area contributed by atoms with Crippen LogP contribution < -0.4 is 9.47 Å². The predicted octanol–water partition coefficient (Wildman–Crippen LogP) is 1.86. The maximum absolute atomic E-state index is 5.75. The molecule has 0 unspecified atom stereocenters. The Kier molecular flexibility index (Phi) is 2.89. The van der Waals surface area contributed by atoms with Gasteiger partial charge in [0.2, 0.25) is 0 Å². The summed E-state index contributed by atoms with van der Waals surface area (Å²) >= 11 is 0. The zero-order valence-electron chi connectivity index (χ0n) is 8.23. The van der Waals surface area contributed by atoms with Crippen molar-refractivity contribution in [1.82, 2.24) is 0 Å². The van der Waals surface area contributed by atoms with Gasteiger partial charge in [0.1, 0.15) is 6.10 Å². The first-order valence-corrected chi connectivity index (χ1v) is 4.77. The van der Waals surface area contributed by atoms with E-state index < -0.39 is 0 Å². The zero-order valence-corrected chi connectivity index (χ0v) is 8.23. The van der Waals surface area contributed by atoms with E-state index in [1.807, 2.05) is 24.3 Å². The van der Waals surface area contributed by atoms with E-state index in [2.05, 4.69) is 0 Å². The van der Waals surface area contributed by atoms with Crippen LogP contribution in [0, 0.1) is 0 Å². The van der Waals surface area contributed by atoms with Crippen molar-refractivity contribution in [2.75, 3.05) is 20.3 Å². The largest absolute Gasteiger partial charge is 0.493 e. The Hall–Kier alpha value is -1.22. The summed E-state index contributed by atoms with van der Waals surface area (Å²) in [5.74, 6) is 1.57. The molecule has 76 valence electrons. The van der Waals surface area contributed by atoms with Crippen LogP contribution in [-0.4, -0.2) is 26.4 Å². The molecular formula is C11H14O3. The molecule has 1 atom stereocenters. The number of ether oxygens (including phenoxy) is 3. The summed E-state index contributed by atoms with van der Waals surface area (Å²) in [5.41, 5.74) is 0. The molecule has 1 aromatic rings. The molecule has 0 radical (unpaired) electrons. The SMILES string of the molecule is COc1ccccc1O[C@H]1CCOC1. The van der Waals surface area contributed by atoms with Crippen LogP contribution in [-0.2, 0) is 4.74 Å². The number of benzene rings is 1. The third-order valence-electron chi connectivity index (χ3n) is 2.25. The summed E-state index contributed by atoms with van der Waals surface area (Å²) in [5, 5.41) is 0. The topological polar surface area (TPSA) is 27.7 Å². The quantitative estimate of drug-likeness (QED) is 0.735. The highest BCUT2D eigenvalue weighted by atomic mass is 16.6. The van der Waals surface area contributed by atoms with Gasteiger partial charge in [-0.1, -0.05) is 12.1 Å². The third kappa shape index (κ3) is 1.99. The highest BCUT2D eigenvalue weighted by Crippen LogP contribution is 2.28. The Balaban J connectivity index is 2.07. The molecular weight excluding hydrogens is 180 g/mol. The van der Waals surface area contributed by atoms with Crippen LogP contribution in [0.2, 0.25) is 0 Å². The summed E-state index contributed by atoms with van der Waals surface area (Å²) in [6.07, 6.45) is 1.13. The highest BCUT2D eigenvalue weighted by molar-refractivity contribution is 5.39. The maximum atomic E-state index is 5.75. The van der Waals surface area contributed by atoms with Crippen LogP contribution in [0.4, 0.5) is 0 Å². The van der Waals surface area contributed by atoms with Crippen molar-refractivity contribution in [2.24, 2.45) is 0 Å². The van der Waals surface area contributed by atoms with Crippen LogP contribution in [0.25, 0.3) is 0 Å². The smallest absolute Gasteiger partial charge is 0.161 e. The van der Waals surface area contributed by atoms with Crippen molar-refractivity contribution in [3.8, 4) is 11.5 Å². The van der Waals surface area contributed by atoms with Gasteiger partial charge in [0.05, 0.1) is 20.3 Å². The molecule has 2 rings (SSSR count). The average Bonchev–Trinajstić information content (AvgIpc) is 2.71. The molecule has 0 saturated carbocycles. The van der Waals surface area contributed by atoms with Crippen molar-refractivity contribution >= 4 is 0 Å². The minimum atomic E-state index is 0.172. The molecule has 1 fully saturated rings. The summed E-state index contributed by atoms with van der Waals surface area (Å²) in [4.78, 5) is 0. The summed E-state index contributed by atoms with van der Waals surface area (Å²) in [6.45, 7) is 1.47. The standard InChI is InChI=1S/C11H14O3/c1-12-10-4-2-3-5-11(10)14-9-6-7-13-8-9/h2-5,9H,6-8H2,1H3/t9-/m0/s1. The molecule has 0 N–H and O–H groups in total. The fourth-order valence-corrected chi connectivity index (χ4v) is 1.50. The van der Waals surface area contributed by atoms with Gasteiger partial charge >= 0.3 is 0 Å². The molecule has 1 heterocycles. The van der Waals surface area contributed by atoms with Crippen molar-refractivity contribution in [3.05, 3.63) is 24.3 Å². The fraction of sp³-hybridized carbons (Fsp3) is 0.455. The highest BCUT2D eigenvalue weighted by Gasteiger charge is 2.18. The minimum Gasteiger partial charge on any atom is -0.493 e. The van der Waals surface area contributed by atoms with Gasteiger partial charge in [-0.15, -0.1) is 0 Å². The van der Waals surface area contributed by atoms with Crippen LogP contribution in [0.1, 0.15) is 6.42 Å². The first-order valence-electron chi connectivity index (χ1n) is 4.77. The number of rotatable bonds is 3. The van der Waals surface area contributed by atoms with E-state index in [4.69, 9.17) is 14.2 Å². The molecule has 1 saturated heterocycles. The monoisotopic (exact) mass is 194 g/mol. The van der Waals surface area contributed by atoms with Crippen molar-refractivity contribution < 1.29 is 14.2 Å². The van der Waals surface area contributed by atoms with Crippen molar-refractivity contribution in [3.63, 3.8) is 0 Å². The second-order valence-corrected chi connectivity index (χ2v) is 3.25. The molecule has 0 bridgehead atoms. The van der Waals surface area contributed by atoms with Gasteiger partial charge in [-0.05, 0) is 12.1 Å². The van der Waals surface area contributed by atoms with Gasteiger partial charge in [-0.3, -0.25) is 0 Å². The Morgan fingerprint density at radius 2 is 2.07 bits per heavy atom. The lowest BCUT2D eigenvalue weighted by atomic mass is 10.3. The van der Waals surface area contributed by atoms with Gasteiger partial charge < -0.3 is 14.2 Å². The molecule has 1 aromatic carbocycles. The van der Waals surface area contributed by atoms with E-state index in [0.717, 1.165) is 24.5 Å². The fourth-order valence-electron chi connectivity index (χ4n) is 1.50. The third-order valence-corrected chi connectivity index (χ3v) is 2.25. The van der Waals surface area contributed by atoms with Crippen LogP contribution in [0.15, 0.2) is 24.3 Å². The van der Waals surface area contributed by atoms with Gasteiger partial charge in [-0.25, -0.2) is 0 Å². The average molecular weight is 194 g/mol. The van der Waals surface area contributed by atoms with Crippen molar-refractivity contribution in [1.29, 1.82) is 0 Å². The second kappa shape index (κ2) is 4.33. The second-order valence-electron chi connectivity index (χ2n) is 3.25. The molecule has 1 aliphatic rings. The molecule has 0 aliphatic carbocycles. The minimum absolute atomic E-state index is 0.172.